The van der Waals surface area contributed by atoms with Gasteiger partial charge in [-0.25, -0.2) is 9.59 Å². The third kappa shape index (κ3) is 7.32. The molecule has 1 aliphatic rings. The third-order valence-corrected chi connectivity index (χ3v) is 3.67. The first kappa shape index (κ1) is 17.8. The fourth-order valence-electron chi connectivity index (χ4n) is 2.69. The largest absolute Gasteiger partial charge is 0.480 e. The van der Waals surface area contributed by atoms with Crippen molar-refractivity contribution in [2.45, 2.75) is 58.5 Å². The highest BCUT2D eigenvalue weighted by molar-refractivity contribution is 5.82. The minimum atomic E-state index is -0.984. The van der Waals surface area contributed by atoms with E-state index in [1.165, 1.54) is 19.3 Å². The summed E-state index contributed by atoms with van der Waals surface area (Å²) in [6.07, 6.45) is 4.15. The van der Waals surface area contributed by atoms with Crippen LogP contribution in [0.25, 0.3) is 0 Å². The van der Waals surface area contributed by atoms with Crippen LogP contribution < -0.4 is 10.6 Å². The molecular formula is C15H29N3O3. The van der Waals surface area contributed by atoms with E-state index < -0.39 is 18.0 Å². The van der Waals surface area contributed by atoms with Crippen molar-refractivity contribution in [1.82, 2.24) is 15.5 Å². The number of piperidine rings is 1. The SMILES string of the molecule is CC(C)C[C@H](NC(=O)NC(C)CN1CCCCC1)C(=O)O. The summed E-state index contributed by atoms with van der Waals surface area (Å²) in [6.45, 7) is 8.81. The number of aliphatic carboxylic acids is 1. The van der Waals surface area contributed by atoms with Gasteiger partial charge < -0.3 is 20.6 Å². The fourth-order valence-corrected chi connectivity index (χ4v) is 2.69. The lowest BCUT2D eigenvalue weighted by Crippen LogP contribution is -2.51. The number of hydrogen-bond acceptors (Lipinski definition) is 3. The van der Waals surface area contributed by atoms with Crippen LogP contribution in [0.5, 0.6) is 0 Å². The van der Waals surface area contributed by atoms with Gasteiger partial charge in [-0.2, -0.15) is 0 Å². The van der Waals surface area contributed by atoms with Crippen molar-refractivity contribution in [1.29, 1.82) is 0 Å². The molecule has 0 aromatic heterocycles. The first-order chi connectivity index (χ1) is 9.88. The Kier molecular flexibility index (Phi) is 7.50. The molecule has 122 valence electrons. The maximum atomic E-state index is 11.9. The quantitative estimate of drug-likeness (QED) is 0.668. The summed E-state index contributed by atoms with van der Waals surface area (Å²) < 4.78 is 0. The highest BCUT2D eigenvalue weighted by atomic mass is 16.4. The fraction of sp³-hybridized carbons (Fsp3) is 0.867. The predicted octanol–water partition coefficient (Wildman–Crippen LogP) is 1.66. The molecule has 2 amide bonds. The van der Waals surface area contributed by atoms with Gasteiger partial charge in [0, 0.05) is 12.6 Å². The zero-order chi connectivity index (χ0) is 15.8. The number of rotatable bonds is 7. The summed E-state index contributed by atoms with van der Waals surface area (Å²) in [5.74, 6) is -0.764. The Labute approximate surface area is 127 Å². The Morgan fingerprint density at radius 3 is 2.24 bits per heavy atom. The summed E-state index contributed by atoms with van der Waals surface area (Å²) in [4.78, 5) is 25.4. The van der Waals surface area contributed by atoms with Crippen LogP contribution in [0.3, 0.4) is 0 Å². The molecule has 1 unspecified atom stereocenters. The number of carboxylic acid groups (broad SMARTS) is 1. The van der Waals surface area contributed by atoms with Crippen LogP contribution in [0.4, 0.5) is 4.79 Å². The lowest BCUT2D eigenvalue weighted by Gasteiger charge is -2.29. The molecule has 0 spiro atoms. The Morgan fingerprint density at radius 2 is 1.71 bits per heavy atom. The summed E-state index contributed by atoms with van der Waals surface area (Å²) >= 11 is 0. The average molecular weight is 299 g/mol. The van der Waals surface area contributed by atoms with Gasteiger partial charge in [0.2, 0.25) is 0 Å². The molecule has 1 heterocycles. The Morgan fingerprint density at radius 1 is 1.10 bits per heavy atom. The molecule has 0 aromatic carbocycles. The van der Waals surface area contributed by atoms with Crippen LogP contribution in [-0.4, -0.2) is 53.7 Å². The molecule has 21 heavy (non-hydrogen) atoms. The van der Waals surface area contributed by atoms with Crippen molar-refractivity contribution < 1.29 is 14.7 Å². The molecule has 3 N–H and O–H groups in total. The van der Waals surface area contributed by atoms with Crippen molar-refractivity contribution in [3.05, 3.63) is 0 Å². The van der Waals surface area contributed by atoms with Gasteiger partial charge in [0.1, 0.15) is 6.04 Å². The molecular weight excluding hydrogens is 270 g/mol. The van der Waals surface area contributed by atoms with Crippen molar-refractivity contribution >= 4 is 12.0 Å². The number of urea groups is 1. The van der Waals surface area contributed by atoms with Gasteiger partial charge in [-0.1, -0.05) is 20.3 Å². The van der Waals surface area contributed by atoms with E-state index in [1.807, 2.05) is 20.8 Å². The zero-order valence-electron chi connectivity index (χ0n) is 13.4. The molecule has 0 aliphatic carbocycles. The molecule has 1 fully saturated rings. The molecule has 6 nitrogen and oxygen atoms in total. The molecule has 0 aromatic rings. The molecule has 0 radical (unpaired) electrons. The van der Waals surface area contributed by atoms with Crippen LogP contribution in [0.2, 0.25) is 0 Å². The average Bonchev–Trinajstić information content (AvgIpc) is 2.38. The summed E-state index contributed by atoms with van der Waals surface area (Å²) in [7, 11) is 0. The van der Waals surface area contributed by atoms with Gasteiger partial charge in [0.25, 0.3) is 0 Å². The van der Waals surface area contributed by atoms with Crippen LogP contribution in [0, 0.1) is 5.92 Å². The van der Waals surface area contributed by atoms with Gasteiger partial charge in [0.05, 0.1) is 0 Å². The molecule has 0 bridgehead atoms. The topological polar surface area (TPSA) is 81.7 Å². The highest BCUT2D eigenvalue weighted by Crippen LogP contribution is 2.09. The maximum absolute atomic E-state index is 11.9. The second kappa shape index (κ2) is 8.87. The Hall–Kier alpha value is -1.30. The zero-order valence-corrected chi connectivity index (χ0v) is 13.4. The van der Waals surface area contributed by atoms with Gasteiger partial charge >= 0.3 is 12.0 Å². The van der Waals surface area contributed by atoms with Crippen molar-refractivity contribution in [2.24, 2.45) is 5.92 Å². The maximum Gasteiger partial charge on any atom is 0.326 e. The number of carboxylic acids is 1. The monoisotopic (exact) mass is 299 g/mol. The summed E-state index contributed by atoms with van der Waals surface area (Å²) in [5.41, 5.74) is 0. The Balaban J connectivity index is 2.34. The second-order valence-corrected chi connectivity index (χ2v) is 6.40. The Bertz CT molecular complexity index is 341. The van der Waals surface area contributed by atoms with E-state index in [-0.39, 0.29) is 12.0 Å². The van der Waals surface area contributed by atoms with Crippen molar-refractivity contribution in [3.63, 3.8) is 0 Å². The van der Waals surface area contributed by atoms with E-state index in [1.54, 1.807) is 0 Å². The van der Waals surface area contributed by atoms with E-state index >= 15 is 0 Å². The van der Waals surface area contributed by atoms with Crippen molar-refractivity contribution in [2.75, 3.05) is 19.6 Å². The predicted molar refractivity (Wildman–Crippen MR) is 82.3 cm³/mol. The standard InChI is InChI=1S/C15H29N3O3/c1-11(2)9-13(14(19)20)17-15(21)16-12(3)10-18-7-5-4-6-8-18/h11-13H,4-10H2,1-3H3,(H,19,20)(H2,16,17,21)/t12?,13-/m0/s1. The molecule has 0 saturated carbocycles. The first-order valence-electron chi connectivity index (χ1n) is 7.90. The number of nitrogens with zero attached hydrogens (tertiary/aromatic N) is 1. The highest BCUT2D eigenvalue weighted by Gasteiger charge is 2.22. The van der Waals surface area contributed by atoms with Crippen LogP contribution in [0.15, 0.2) is 0 Å². The number of carbonyl (C=O) groups excluding carboxylic acids is 1. The van der Waals surface area contributed by atoms with E-state index in [0.717, 1.165) is 19.6 Å². The van der Waals surface area contributed by atoms with Gasteiger partial charge in [-0.05, 0) is 45.2 Å². The second-order valence-electron chi connectivity index (χ2n) is 6.40. The smallest absolute Gasteiger partial charge is 0.326 e. The van der Waals surface area contributed by atoms with Crippen LogP contribution in [-0.2, 0) is 4.79 Å². The van der Waals surface area contributed by atoms with Crippen LogP contribution >= 0.6 is 0 Å². The van der Waals surface area contributed by atoms with E-state index in [4.69, 9.17) is 5.11 Å². The van der Waals surface area contributed by atoms with Gasteiger partial charge in [0.15, 0.2) is 0 Å². The molecule has 6 heteroatoms. The van der Waals surface area contributed by atoms with Gasteiger partial charge in [-0.3, -0.25) is 0 Å². The minimum Gasteiger partial charge on any atom is -0.480 e. The normalized spacial score (nSPS) is 19.0. The molecule has 2 atom stereocenters. The first-order valence-corrected chi connectivity index (χ1v) is 7.90. The van der Waals surface area contributed by atoms with E-state index in [0.29, 0.717) is 6.42 Å². The lowest BCUT2D eigenvalue weighted by molar-refractivity contribution is -0.139. The van der Waals surface area contributed by atoms with E-state index in [9.17, 15) is 9.59 Å². The number of carbonyl (C=O) groups is 2. The third-order valence-electron chi connectivity index (χ3n) is 3.67. The van der Waals surface area contributed by atoms with Crippen LogP contribution in [0.1, 0.15) is 46.5 Å². The summed E-state index contributed by atoms with van der Waals surface area (Å²) in [5, 5.41) is 14.5. The number of hydrogen-bond donors (Lipinski definition) is 3. The number of nitrogens with one attached hydrogen (secondary N) is 2. The van der Waals surface area contributed by atoms with Crippen molar-refractivity contribution in [3.8, 4) is 0 Å². The van der Waals surface area contributed by atoms with Gasteiger partial charge in [-0.15, -0.1) is 0 Å². The van der Waals surface area contributed by atoms with E-state index in [2.05, 4.69) is 15.5 Å². The number of likely N-dealkylation sites (tertiary alicyclic amines) is 1. The summed E-state index contributed by atoms with van der Waals surface area (Å²) in [6, 6.07) is -1.21. The minimum absolute atomic E-state index is 0.0107. The lowest BCUT2D eigenvalue weighted by atomic mass is 10.0. The number of amides is 2. The molecule has 1 aliphatic heterocycles. The molecule has 1 rings (SSSR count). The molecule has 1 saturated heterocycles.